The van der Waals surface area contributed by atoms with E-state index in [1.165, 1.54) is 11.3 Å². The van der Waals surface area contributed by atoms with Crippen molar-refractivity contribution in [1.82, 2.24) is 25.7 Å². The smallest absolute Gasteiger partial charge is 0.259 e. The van der Waals surface area contributed by atoms with Gasteiger partial charge in [-0.3, -0.25) is 4.79 Å². The third-order valence-corrected chi connectivity index (χ3v) is 6.53. The van der Waals surface area contributed by atoms with Crippen LogP contribution in [-0.4, -0.2) is 32.8 Å². The molecule has 0 aliphatic heterocycles. The third kappa shape index (κ3) is 4.10. The topological polar surface area (TPSA) is 107 Å². The van der Waals surface area contributed by atoms with E-state index >= 15 is 0 Å². The molecule has 29 heavy (non-hydrogen) atoms. The van der Waals surface area contributed by atoms with Gasteiger partial charge in [0.25, 0.3) is 11.8 Å². The number of hydrogen-bond acceptors (Lipinski definition) is 8. The van der Waals surface area contributed by atoms with Crippen LogP contribution in [0.25, 0.3) is 10.8 Å². The van der Waals surface area contributed by atoms with Gasteiger partial charge in [0.1, 0.15) is 16.2 Å². The van der Waals surface area contributed by atoms with Gasteiger partial charge in [-0.1, -0.05) is 12.1 Å². The second kappa shape index (κ2) is 8.44. The summed E-state index contributed by atoms with van der Waals surface area (Å²) in [5, 5.41) is 15.5. The van der Waals surface area contributed by atoms with Crippen LogP contribution in [0.1, 0.15) is 71.9 Å². The number of aryl methyl sites for hydroxylation is 3. The largest absolute Gasteiger partial charge is 0.420 e. The Morgan fingerprint density at radius 2 is 2.00 bits per heavy atom. The second-order valence-corrected chi connectivity index (χ2v) is 8.41. The molecule has 8 nitrogen and oxygen atoms in total. The average molecular weight is 416 g/mol. The molecule has 154 valence electrons. The molecule has 0 spiro atoms. The number of aromatic nitrogens is 4. The Morgan fingerprint density at radius 3 is 2.69 bits per heavy atom. The summed E-state index contributed by atoms with van der Waals surface area (Å²) in [6.07, 6.45) is 4.66. The lowest BCUT2D eigenvalue weighted by Crippen LogP contribution is -2.31. The summed E-state index contributed by atoms with van der Waals surface area (Å²) in [5.74, 6) is 2.56. The summed E-state index contributed by atoms with van der Waals surface area (Å²) in [7, 11) is 0. The number of nitrogens with zero attached hydrogens (tertiary/aromatic N) is 4. The number of carbonyl (C=O) groups excluding carboxylic acids is 1. The van der Waals surface area contributed by atoms with Gasteiger partial charge in [-0.25, -0.2) is 4.98 Å². The maximum atomic E-state index is 12.5. The van der Waals surface area contributed by atoms with E-state index in [2.05, 4.69) is 25.7 Å². The lowest BCUT2D eigenvalue weighted by molar-refractivity contribution is 0.0940. The molecule has 0 atom stereocenters. The summed E-state index contributed by atoms with van der Waals surface area (Å²) in [6.45, 7) is 6.36. The normalized spacial score (nSPS) is 19.4. The first-order chi connectivity index (χ1) is 14.1. The monoisotopic (exact) mass is 415 g/mol. The van der Waals surface area contributed by atoms with Crippen LogP contribution in [0.3, 0.4) is 0 Å². The van der Waals surface area contributed by atoms with Crippen LogP contribution < -0.4 is 5.32 Å². The quantitative estimate of drug-likeness (QED) is 0.647. The Hall–Kier alpha value is -2.55. The van der Waals surface area contributed by atoms with Gasteiger partial charge >= 0.3 is 0 Å². The molecule has 0 saturated heterocycles. The van der Waals surface area contributed by atoms with Gasteiger partial charge in [-0.2, -0.15) is 0 Å². The van der Waals surface area contributed by atoms with Crippen LogP contribution in [0.5, 0.6) is 0 Å². The molecule has 9 heteroatoms. The van der Waals surface area contributed by atoms with E-state index in [1.54, 1.807) is 12.4 Å². The molecule has 1 fully saturated rings. The van der Waals surface area contributed by atoms with E-state index in [-0.39, 0.29) is 11.8 Å². The van der Waals surface area contributed by atoms with Crippen molar-refractivity contribution in [3.05, 3.63) is 34.1 Å². The van der Waals surface area contributed by atoms with Crippen molar-refractivity contribution >= 4 is 17.2 Å². The molecule has 3 aromatic rings. The second-order valence-electron chi connectivity index (χ2n) is 7.56. The predicted molar refractivity (Wildman–Crippen MR) is 108 cm³/mol. The van der Waals surface area contributed by atoms with E-state index in [0.29, 0.717) is 47.7 Å². The van der Waals surface area contributed by atoms with Gasteiger partial charge in [0, 0.05) is 18.9 Å². The standard InChI is InChI=1S/C20H25N5O3S/c1-4-15-16(11(2)25-28-15)18(26)21-9-13-5-7-14(8-6-13)19-23-24-20(27-19)17-12(3)22-10-29-17/h10,13-14H,4-9H2,1-3H3,(H,21,26). The van der Waals surface area contributed by atoms with E-state index in [0.717, 1.165) is 36.3 Å². The van der Waals surface area contributed by atoms with E-state index < -0.39 is 0 Å². The van der Waals surface area contributed by atoms with E-state index in [1.807, 2.05) is 13.8 Å². The van der Waals surface area contributed by atoms with Crippen molar-refractivity contribution < 1.29 is 13.7 Å². The van der Waals surface area contributed by atoms with Gasteiger partial charge in [0.2, 0.25) is 5.89 Å². The van der Waals surface area contributed by atoms with Crippen molar-refractivity contribution in [3.63, 3.8) is 0 Å². The third-order valence-electron chi connectivity index (χ3n) is 5.61. The molecule has 1 aliphatic rings. The fourth-order valence-electron chi connectivity index (χ4n) is 3.89. The van der Waals surface area contributed by atoms with Crippen LogP contribution in [-0.2, 0) is 6.42 Å². The predicted octanol–water partition coefficient (Wildman–Crippen LogP) is 4.06. The summed E-state index contributed by atoms with van der Waals surface area (Å²) in [6, 6.07) is 0. The summed E-state index contributed by atoms with van der Waals surface area (Å²) < 4.78 is 11.1. The molecule has 1 aliphatic carbocycles. The van der Waals surface area contributed by atoms with Gasteiger partial charge in [0.15, 0.2) is 0 Å². The van der Waals surface area contributed by atoms with Crippen LogP contribution in [0.15, 0.2) is 14.5 Å². The first kappa shape index (κ1) is 19.8. The molecule has 3 aromatic heterocycles. The molecule has 0 aromatic carbocycles. The SMILES string of the molecule is CCc1onc(C)c1C(=O)NCC1CCC(c2nnc(-c3scnc3C)o2)CC1. The number of amides is 1. The van der Waals surface area contributed by atoms with Crippen molar-refractivity contribution in [1.29, 1.82) is 0 Å². The maximum Gasteiger partial charge on any atom is 0.259 e. The van der Waals surface area contributed by atoms with E-state index in [9.17, 15) is 4.79 Å². The lowest BCUT2D eigenvalue weighted by Gasteiger charge is -2.26. The molecule has 1 N–H and O–H groups in total. The molecular weight excluding hydrogens is 390 g/mol. The highest BCUT2D eigenvalue weighted by atomic mass is 32.1. The molecule has 3 heterocycles. The van der Waals surface area contributed by atoms with Crippen molar-refractivity contribution in [3.8, 4) is 10.8 Å². The minimum absolute atomic E-state index is 0.0933. The molecule has 0 unspecified atom stereocenters. The lowest BCUT2D eigenvalue weighted by atomic mass is 9.82. The molecule has 4 rings (SSSR count). The summed E-state index contributed by atoms with van der Waals surface area (Å²) in [5.41, 5.74) is 3.93. The summed E-state index contributed by atoms with van der Waals surface area (Å²) >= 11 is 1.52. The molecule has 1 amide bonds. The average Bonchev–Trinajstić information content (AvgIpc) is 3.46. The van der Waals surface area contributed by atoms with Crippen LogP contribution in [0, 0.1) is 19.8 Å². The van der Waals surface area contributed by atoms with Crippen molar-refractivity contribution in [2.24, 2.45) is 5.92 Å². The maximum absolute atomic E-state index is 12.5. The van der Waals surface area contributed by atoms with Crippen molar-refractivity contribution in [2.45, 2.75) is 58.8 Å². The molecular formula is C20H25N5O3S. The molecule has 0 radical (unpaired) electrons. The van der Waals surface area contributed by atoms with Crippen molar-refractivity contribution in [2.75, 3.05) is 6.54 Å². The number of rotatable bonds is 6. The zero-order valence-electron chi connectivity index (χ0n) is 16.9. The van der Waals surface area contributed by atoms with Crippen LogP contribution in [0.4, 0.5) is 0 Å². The number of hydrogen-bond donors (Lipinski definition) is 1. The van der Waals surface area contributed by atoms with E-state index in [4.69, 9.17) is 8.94 Å². The first-order valence-corrected chi connectivity index (χ1v) is 10.9. The fraction of sp³-hybridized carbons (Fsp3) is 0.550. The number of thiazole rings is 1. The van der Waals surface area contributed by atoms with Gasteiger partial charge in [-0.15, -0.1) is 21.5 Å². The summed E-state index contributed by atoms with van der Waals surface area (Å²) in [4.78, 5) is 17.7. The fourth-order valence-corrected chi connectivity index (χ4v) is 4.61. The highest BCUT2D eigenvalue weighted by molar-refractivity contribution is 7.13. The molecule has 1 saturated carbocycles. The van der Waals surface area contributed by atoms with Gasteiger partial charge in [0.05, 0.1) is 16.9 Å². The van der Waals surface area contributed by atoms with Crippen LogP contribution in [0.2, 0.25) is 0 Å². The Balaban J connectivity index is 1.30. The number of carbonyl (C=O) groups is 1. The Bertz CT molecular complexity index is 984. The Morgan fingerprint density at radius 1 is 1.21 bits per heavy atom. The Kier molecular flexibility index (Phi) is 5.75. The zero-order valence-corrected chi connectivity index (χ0v) is 17.7. The van der Waals surface area contributed by atoms with Gasteiger partial charge in [-0.05, 0) is 45.4 Å². The minimum atomic E-state index is -0.0933. The minimum Gasteiger partial charge on any atom is -0.420 e. The Labute approximate surface area is 173 Å². The van der Waals surface area contributed by atoms with Gasteiger partial charge < -0.3 is 14.3 Å². The highest BCUT2D eigenvalue weighted by Gasteiger charge is 2.28. The van der Waals surface area contributed by atoms with Crippen LogP contribution >= 0.6 is 11.3 Å². The highest BCUT2D eigenvalue weighted by Crippen LogP contribution is 2.36. The zero-order chi connectivity index (χ0) is 20.4. The number of nitrogens with one attached hydrogen (secondary N) is 1. The first-order valence-electron chi connectivity index (χ1n) is 10.0. The molecule has 0 bridgehead atoms.